The summed E-state index contributed by atoms with van der Waals surface area (Å²) in [6.07, 6.45) is 0. The number of hydrogen-bond acceptors (Lipinski definition) is 3. The monoisotopic (exact) mass is 197 g/mol. The molecule has 0 radical (unpaired) electrons. The normalized spacial score (nSPS) is 10.0. The molecule has 0 saturated carbocycles. The van der Waals surface area contributed by atoms with Gasteiger partial charge >= 0.3 is 0 Å². The molecule has 2 nitrogen and oxygen atoms in total. The van der Waals surface area contributed by atoms with Crippen molar-refractivity contribution in [2.24, 2.45) is 0 Å². The number of thioether (sulfide) groups is 1. The van der Waals surface area contributed by atoms with Crippen molar-refractivity contribution in [1.82, 2.24) is 0 Å². The number of ether oxygens (including phenoxy) is 1. The number of rotatable bonds is 4. The predicted octanol–water partition coefficient (Wildman–Crippen LogP) is 2.78. The molecule has 0 aliphatic rings. The lowest BCUT2D eigenvalue weighted by Crippen LogP contribution is -1.96. The van der Waals surface area contributed by atoms with Crippen molar-refractivity contribution in [3.63, 3.8) is 0 Å². The quantitative estimate of drug-likeness (QED) is 0.595. The van der Waals surface area contributed by atoms with Crippen molar-refractivity contribution < 1.29 is 4.74 Å². The Hall–Kier alpha value is -0.830. The molecule has 0 heterocycles. The third-order valence-electron chi connectivity index (χ3n) is 1.60. The van der Waals surface area contributed by atoms with Crippen LogP contribution in [-0.2, 0) is 0 Å². The summed E-state index contributed by atoms with van der Waals surface area (Å²) in [7, 11) is 0. The predicted molar refractivity (Wildman–Crippen MR) is 58.4 cm³/mol. The van der Waals surface area contributed by atoms with Crippen LogP contribution < -0.4 is 10.5 Å². The second kappa shape index (κ2) is 5.02. The molecule has 0 aliphatic heterocycles. The number of benzene rings is 1. The summed E-state index contributed by atoms with van der Waals surface area (Å²) >= 11 is 1.79. The third kappa shape index (κ3) is 2.84. The van der Waals surface area contributed by atoms with E-state index < -0.39 is 0 Å². The van der Waals surface area contributed by atoms with E-state index in [2.05, 4.69) is 6.92 Å². The summed E-state index contributed by atoms with van der Waals surface area (Å²) < 4.78 is 5.39. The van der Waals surface area contributed by atoms with Gasteiger partial charge in [-0.2, -0.15) is 0 Å². The molecule has 0 aliphatic carbocycles. The molecule has 0 saturated heterocycles. The maximum Gasteiger partial charge on any atom is 0.143 e. The van der Waals surface area contributed by atoms with Crippen LogP contribution in [0.3, 0.4) is 0 Å². The van der Waals surface area contributed by atoms with Gasteiger partial charge in [0.05, 0.1) is 12.3 Å². The smallest absolute Gasteiger partial charge is 0.143 e. The summed E-state index contributed by atoms with van der Waals surface area (Å²) in [6, 6.07) is 5.90. The van der Waals surface area contributed by atoms with E-state index in [0.29, 0.717) is 12.3 Å². The SMILES string of the molecule is CCOc1cc(SCC)ccc1N. The van der Waals surface area contributed by atoms with Gasteiger partial charge in [-0.05, 0) is 30.9 Å². The Labute approximate surface area is 83.5 Å². The Morgan fingerprint density at radius 3 is 2.77 bits per heavy atom. The minimum absolute atomic E-state index is 0.657. The van der Waals surface area contributed by atoms with Crippen LogP contribution in [0, 0.1) is 0 Å². The molecule has 0 fully saturated rings. The van der Waals surface area contributed by atoms with Crippen LogP contribution in [0.5, 0.6) is 5.75 Å². The molecule has 0 spiro atoms. The largest absolute Gasteiger partial charge is 0.492 e. The lowest BCUT2D eigenvalue weighted by Gasteiger charge is -2.08. The molecule has 3 heteroatoms. The fourth-order valence-electron chi connectivity index (χ4n) is 1.05. The van der Waals surface area contributed by atoms with E-state index in [4.69, 9.17) is 10.5 Å². The summed E-state index contributed by atoms with van der Waals surface area (Å²) in [4.78, 5) is 1.21. The molecular weight excluding hydrogens is 182 g/mol. The van der Waals surface area contributed by atoms with Gasteiger partial charge in [0.2, 0.25) is 0 Å². The first-order chi connectivity index (χ1) is 6.27. The van der Waals surface area contributed by atoms with Crippen LogP contribution in [0.15, 0.2) is 23.1 Å². The molecule has 0 bridgehead atoms. The van der Waals surface area contributed by atoms with E-state index in [1.807, 2.05) is 25.1 Å². The second-order valence-corrected chi connectivity index (χ2v) is 3.90. The van der Waals surface area contributed by atoms with Gasteiger partial charge in [-0.15, -0.1) is 11.8 Å². The van der Waals surface area contributed by atoms with Crippen molar-refractivity contribution >= 4 is 17.4 Å². The average Bonchev–Trinajstić information content (AvgIpc) is 2.12. The second-order valence-electron chi connectivity index (χ2n) is 2.57. The zero-order valence-electron chi connectivity index (χ0n) is 8.04. The van der Waals surface area contributed by atoms with Gasteiger partial charge in [0.25, 0.3) is 0 Å². The fraction of sp³-hybridized carbons (Fsp3) is 0.400. The molecule has 2 N–H and O–H groups in total. The van der Waals surface area contributed by atoms with Gasteiger partial charge in [-0.3, -0.25) is 0 Å². The molecule has 1 rings (SSSR count). The molecule has 0 aromatic heterocycles. The van der Waals surface area contributed by atoms with Gasteiger partial charge in [0.15, 0.2) is 0 Å². The highest BCUT2D eigenvalue weighted by Gasteiger charge is 2.00. The topological polar surface area (TPSA) is 35.2 Å². The van der Waals surface area contributed by atoms with Crippen LogP contribution in [0.1, 0.15) is 13.8 Å². The third-order valence-corrected chi connectivity index (χ3v) is 2.47. The Kier molecular flexibility index (Phi) is 3.96. The Bertz CT molecular complexity index is 276. The van der Waals surface area contributed by atoms with E-state index in [-0.39, 0.29) is 0 Å². The number of anilines is 1. The zero-order chi connectivity index (χ0) is 9.68. The van der Waals surface area contributed by atoms with Crippen molar-refractivity contribution in [2.75, 3.05) is 18.1 Å². The van der Waals surface area contributed by atoms with Gasteiger partial charge in [-0.1, -0.05) is 6.92 Å². The minimum atomic E-state index is 0.657. The molecule has 13 heavy (non-hydrogen) atoms. The zero-order valence-corrected chi connectivity index (χ0v) is 8.86. The molecule has 0 atom stereocenters. The Morgan fingerprint density at radius 1 is 1.38 bits per heavy atom. The highest BCUT2D eigenvalue weighted by Crippen LogP contribution is 2.28. The minimum Gasteiger partial charge on any atom is -0.492 e. The van der Waals surface area contributed by atoms with Gasteiger partial charge < -0.3 is 10.5 Å². The highest BCUT2D eigenvalue weighted by molar-refractivity contribution is 7.99. The molecule has 1 aromatic carbocycles. The standard InChI is InChI=1S/C10H15NOS/c1-3-12-10-7-8(13-4-2)5-6-9(10)11/h5-7H,3-4,11H2,1-2H3. The average molecular weight is 197 g/mol. The maximum atomic E-state index is 5.74. The van der Waals surface area contributed by atoms with E-state index in [0.717, 1.165) is 11.5 Å². The molecule has 1 aromatic rings. The van der Waals surface area contributed by atoms with Crippen LogP contribution >= 0.6 is 11.8 Å². The number of nitrogen functional groups attached to an aromatic ring is 1. The first kappa shape index (κ1) is 10.3. The summed E-state index contributed by atoms with van der Waals surface area (Å²) in [5.74, 6) is 1.86. The Balaban J connectivity index is 2.83. The summed E-state index contributed by atoms with van der Waals surface area (Å²) in [5.41, 5.74) is 6.45. The molecule has 0 unspecified atom stereocenters. The van der Waals surface area contributed by atoms with Crippen molar-refractivity contribution in [2.45, 2.75) is 18.7 Å². The molecule has 72 valence electrons. The van der Waals surface area contributed by atoms with Gasteiger partial charge in [0, 0.05) is 4.90 Å². The van der Waals surface area contributed by atoms with E-state index in [9.17, 15) is 0 Å². The fourth-order valence-corrected chi connectivity index (χ4v) is 1.74. The van der Waals surface area contributed by atoms with Crippen molar-refractivity contribution in [3.05, 3.63) is 18.2 Å². The molecule has 0 amide bonds. The van der Waals surface area contributed by atoms with Crippen LogP contribution in [0.25, 0.3) is 0 Å². The van der Waals surface area contributed by atoms with Crippen LogP contribution in [0.2, 0.25) is 0 Å². The number of nitrogens with two attached hydrogens (primary N) is 1. The van der Waals surface area contributed by atoms with Crippen LogP contribution in [0.4, 0.5) is 5.69 Å². The lowest BCUT2D eigenvalue weighted by molar-refractivity contribution is 0.341. The van der Waals surface area contributed by atoms with Crippen molar-refractivity contribution in [1.29, 1.82) is 0 Å². The van der Waals surface area contributed by atoms with Gasteiger partial charge in [-0.25, -0.2) is 0 Å². The van der Waals surface area contributed by atoms with E-state index >= 15 is 0 Å². The maximum absolute atomic E-state index is 5.74. The van der Waals surface area contributed by atoms with E-state index in [1.54, 1.807) is 11.8 Å². The molecular formula is C10H15NOS. The number of hydrogen-bond donors (Lipinski definition) is 1. The summed E-state index contributed by atoms with van der Waals surface area (Å²) in [5, 5.41) is 0. The Morgan fingerprint density at radius 2 is 2.15 bits per heavy atom. The van der Waals surface area contributed by atoms with Crippen molar-refractivity contribution in [3.8, 4) is 5.75 Å². The lowest BCUT2D eigenvalue weighted by atomic mass is 10.3. The first-order valence-electron chi connectivity index (χ1n) is 4.43. The summed E-state index contributed by atoms with van der Waals surface area (Å²) in [6.45, 7) is 4.74. The van der Waals surface area contributed by atoms with Gasteiger partial charge in [0.1, 0.15) is 5.75 Å². The van der Waals surface area contributed by atoms with E-state index in [1.165, 1.54) is 4.90 Å². The first-order valence-corrected chi connectivity index (χ1v) is 5.41. The van der Waals surface area contributed by atoms with Crippen LogP contribution in [-0.4, -0.2) is 12.4 Å². The highest BCUT2D eigenvalue weighted by atomic mass is 32.2.